The lowest BCUT2D eigenvalue weighted by atomic mass is 10.2. The first-order valence-corrected chi connectivity index (χ1v) is 8.05. The van der Waals surface area contributed by atoms with Crippen molar-refractivity contribution in [3.8, 4) is 11.4 Å². The van der Waals surface area contributed by atoms with Crippen LogP contribution in [0.4, 0.5) is 17.6 Å². The highest BCUT2D eigenvalue weighted by molar-refractivity contribution is 5.44. The number of tetrazole rings is 1. The average Bonchev–Trinajstić information content (AvgIpc) is 3.14. The van der Waals surface area contributed by atoms with E-state index in [-0.39, 0.29) is 18.0 Å². The van der Waals surface area contributed by atoms with E-state index >= 15 is 0 Å². The number of hydrogen-bond donors (Lipinski definition) is 2. The van der Waals surface area contributed by atoms with Gasteiger partial charge >= 0.3 is 6.18 Å². The first kappa shape index (κ1) is 20.0. The Bertz CT molecular complexity index is 676. The van der Waals surface area contributed by atoms with E-state index in [0.29, 0.717) is 10.2 Å². The molecule has 0 spiro atoms. The molecule has 26 heavy (non-hydrogen) atoms. The SMILES string of the molecule is C1CCNCC1.NCc1cc(-n2nnnc2C(F)(F)F)ccc1OCF. The number of rotatable bonds is 4. The number of nitrogens with one attached hydrogen (secondary N) is 1. The van der Waals surface area contributed by atoms with Gasteiger partial charge in [-0.25, -0.2) is 4.39 Å². The summed E-state index contributed by atoms with van der Waals surface area (Å²) in [6, 6.07) is 3.88. The van der Waals surface area contributed by atoms with Crippen LogP contribution in [0.25, 0.3) is 5.69 Å². The molecule has 3 rings (SSSR count). The molecule has 0 bridgehead atoms. The predicted molar refractivity (Wildman–Crippen MR) is 85.4 cm³/mol. The van der Waals surface area contributed by atoms with Gasteiger partial charge in [-0.2, -0.15) is 17.9 Å². The highest BCUT2D eigenvalue weighted by atomic mass is 19.4. The fraction of sp³-hybridized carbons (Fsp3) is 0.533. The molecule has 0 radical (unpaired) electrons. The molecule has 11 heteroatoms. The van der Waals surface area contributed by atoms with Gasteiger partial charge in [0.05, 0.1) is 5.69 Å². The lowest BCUT2D eigenvalue weighted by molar-refractivity contribution is -0.146. The first-order valence-electron chi connectivity index (χ1n) is 8.05. The van der Waals surface area contributed by atoms with Gasteiger partial charge in [0.2, 0.25) is 6.86 Å². The summed E-state index contributed by atoms with van der Waals surface area (Å²) in [5, 5.41) is 12.5. The van der Waals surface area contributed by atoms with Gasteiger partial charge in [-0.3, -0.25) is 0 Å². The molecule has 0 saturated carbocycles. The van der Waals surface area contributed by atoms with Crippen molar-refractivity contribution in [3.63, 3.8) is 0 Å². The van der Waals surface area contributed by atoms with Crippen LogP contribution in [0.3, 0.4) is 0 Å². The van der Waals surface area contributed by atoms with E-state index < -0.39 is 18.9 Å². The Morgan fingerprint density at radius 2 is 1.92 bits per heavy atom. The Balaban J connectivity index is 0.000000342. The molecule has 1 aliphatic heterocycles. The lowest BCUT2D eigenvalue weighted by Crippen LogP contribution is -2.21. The standard InChI is InChI=1S/C10H9F4N5O.C5H11N/c11-5-20-8-2-1-7(3-6(8)4-15)19-9(10(12,13)14)16-17-18-19;1-2-4-6-5-3-1/h1-3H,4-5,15H2;6H,1-5H2. The summed E-state index contributed by atoms with van der Waals surface area (Å²) in [7, 11) is 0. The molecule has 0 amide bonds. The second-order valence-electron chi connectivity index (χ2n) is 5.47. The third-order valence-corrected chi connectivity index (χ3v) is 3.65. The minimum atomic E-state index is -4.69. The molecule has 7 nitrogen and oxygen atoms in total. The van der Waals surface area contributed by atoms with Crippen molar-refractivity contribution in [2.24, 2.45) is 5.73 Å². The quantitative estimate of drug-likeness (QED) is 0.795. The van der Waals surface area contributed by atoms with Crippen LogP contribution < -0.4 is 15.8 Å². The number of ether oxygens (including phenoxy) is 1. The second-order valence-corrected chi connectivity index (χ2v) is 5.47. The molecule has 0 unspecified atom stereocenters. The van der Waals surface area contributed by atoms with Gasteiger partial charge in [-0.05, 0) is 54.6 Å². The Labute approximate surface area is 147 Å². The van der Waals surface area contributed by atoms with Crippen LogP contribution in [-0.2, 0) is 12.7 Å². The molecule has 1 aliphatic rings. The van der Waals surface area contributed by atoms with Crippen molar-refractivity contribution < 1.29 is 22.3 Å². The van der Waals surface area contributed by atoms with E-state index in [1.807, 2.05) is 0 Å². The number of benzene rings is 1. The number of nitrogens with two attached hydrogens (primary N) is 1. The van der Waals surface area contributed by atoms with Crippen LogP contribution in [0, 0.1) is 0 Å². The molecular weight excluding hydrogens is 356 g/mol. The Morgan fingerprint density at radius 3 is 2.42 bits per heavy atom. The largest absolute Gasteiger partial charge is 0.463 e. The van der Waals surface area contributed by atoms with Crippen molar-refractivity contribution in [2.45, 2.75) is 32.0 Å². The van der Waals surface area contributed by atoms with Crippen LogP contribution in [0.15, 0.2) is 18.2 Å². The Kier molecular flexibility index (Phi) is 7.27. The lowest BCUT2D eigenvalue weighted by Gasteiger charge is -2.11. The van der Waals surface area contributed by atoms with Crippen LogP contribution in [-0.4, -0.2) is 40.2 Å². The van der Waals surface area contributed by atoms with E-state index in [1.165, 1.54) is 50.6 Å². The van der Waals surface area contributed by atoms with Crippen LogP contribution >= 0.6 is 0 Å². The number of nitrogens with zero attached hydrogens (tertiary/aromatic N) is 4. The monoisotopic (exact) mass is 376 g/mol. The molecule has 1 saturated heterocycles. The first-order chi connectivity index (χ1) is 12.5. The number of alkyl halides is 4. The minimum absolute atomic E-state index is 0.0351. The minimum Gasteiger partial charge on any atom is -0.463 e. The molecule has 2 heterocycles. The third kappa shape index (κ3) is 5.36. The van der Waals surface area contributed by atoms with E-state index in [2.05, 4.69) is 25.6 Å². The van der Waals surface area contributed by atoms with Crippen molar-refractivity contribution >= 4 is 0 Å². The molecule has 0 atom stereocenters. The van der Waals surface area contributed by atoms with Crippen molar-refractivity contribution in [3.05, 3.63) is 29.6 Å². The molecule has 1 fully saturated rings. The zero-order valence-electron chi connectivity index (χ0n) is 14.0. The Hall–Kier alpha value is -2.27. The maximum absolute atomic E-state index is 12.7. The average molecular weight is 376 g/mol. The molecule has 144 valence electrons. The number of aromatic nitrogens is 4. The number of piperidine rings is 1. The highest BCUT2D eigenvalue weighted by Crippen LogP contribution is 2.29. The van der Waals surface area contributed by atoms with Crippen LogP contribution in [0.2, 0.25) is 0 Å². The Morgan fingerprint density at radius 1 is 1.19 bits per heavy atom. The van der Waals surface area contributed by atoms with E-state index in [9.17, 15) is 17.6 Å². The van der Waals surface area contributed by atoms with E-state index in [1.54, 1.807) is 0 Å². The van der Waals surface area contributed by atoms with Gasteiger partial charge in [0.25, 0.3) is 5.82 Å². The second kappa shape index (κ2) is 9.43. The smallest absolute Gasteiger partial charge is 0.453 e. The highest BCUT2D eigenvalue weighted by Gasteiger charge is 2.38. The van der Waals surface area contributed by atoms with Crippen molar-refractivity contribution in [2.75, 3.05) is 20.0 Å². The summed E-state index contributed by atoms with van der Waals surface area (Å²) in [6.07, 6.45) is -0.479. The third-order valence-electron chi connectivity index (χ3n) is 3.65. The van der Waals surface area contributed by atoms with E-state index in [0.717, 1.165) is 0 Å². The summed E-state index contributed by atoms with van der Waals surface area (Å²) in [5.74, 6) is -1.11. The molecule has 1 aromatic heterocycles. The molecule has 2 aromatic rings. The molecule has 1 aromatic carbocycles. The van der Waals surface area contributed by atoms with Gasteiger partial charge in [-0.15, -0.1) is 5.10 Å². The molecule has 0 aliphatic carbocycles. The number of hydrogen-bond acceptors (Lipinski definition) is 6. The maximum Gasteiger partial charge on any atom is 0.453 e. The van der Waals surface area contributed by atoms with Gasteiger partial charge in [0.15, 0.2) is 0 Å². The fourth-order valence-electron chi connectivity index (χ4n) is 2.40. The summed E-state index contributed by atoms with van der Waals surface area (Å²) in [5.41, 5.74) is 5.83. The predicted octanol–water partition coefficient (Wildman–Crippen LogP) is 2.21. The van der Waals surface area contributed by atoms with Crippen LogP contribution in [0.1, 0.15) is 30.7 Å². The zero-order valence-corrected chi connectivity index (χ0v) is 14.0. The zero-order chi connectivity index (χ0) is 19.0. The van der Waals surface area contributed by atoms with Gasteiger partial charge in [0.1, 0.15) is 5.75 Å². The molecular formula is C15H20F4N6O. The van der Waals surface area contributed by atoms with Gasteiger partial charge in [-0.1, -0.05) is 6.42 Å². The summed E-state index contributed by atoms with van der Waals surface area (Å²) >= 11 is 0. The fourth-order valence-corrected chi connectivity index (χ4v) is 2.40. The van der Waals surface area contributed by atoms with Gasteiger partial charge < -0.3 is 15.8 Å². The topological polar surface area (TPSA) is 90.9 Å². The van der Waals surface area contributed by atoms with E-state index in [4.69, 9.17) is 5.73 Å². The van der Waals surface area contributed by atoms with Crippen LogP contribution in [0.5, 0.6) is 5.75 Å². The maximum atomic E-state index is 12.7. The summed E-state index contributed by atoms with van der Waals surface area (Å²) in [6.45, 7) is 1.40. The van der Waals surface area contributed by atoms with Crippen molar-refractivity contribution in [1.29, 1.82) is 0 Å². The van der Waals surface area contributed by atoms with Gasteiger partial charge in [0, 0.05) is 12.1 Å². The summed E-state index contributed by atoms with van der Waals surface area (Å²) < 4.78 is 55.4. The normalized spacial score (nSPS) is 14.5. The molecule has 3 N–H and O–H groups in total. The number of halogens is 4. The van der Waals surface area contributed by atoms with Crippen molar-refractivity contribution in [1.82, 2.24) is 25.5 Å². The summed E-state index contributed by atoms with van der Waals surface area (Å²) in [4.78, 5) is 0.